The summed E-state index contributed by atoms with van der Waals surface area (Å²) in [6.45, 7) is 12.3. The van der Waals surface area contributed by atoms with Crippen molar-refractivity contribution in [3.05, 3.63) is 39.7 Å². The normalized spacial score (nSPS) is 16.6. The second kappa shape index (κ2) is 4.03. The lowest BCUT2D eigenvalue weighted by Gasteiger charge is -2.28. The van der Waals surface area contributed by atoms with E-state index < -0.39 is 5.79 Å². The highest BCUT2D eigenvalue weighted by molar-refractivity contribution is 5.88. The average Bonchev–Trinajstić information content (AvgIpc) is 2.70. The second-order valence-electron chi connectivity index (χ2n) is 6.94. The number of pyridine rings is 1. The maximum absolute atomic E-state index is 6.30. The molecule has 2 aliphatic rings. The Morgan fingerprint density at radius 3 is 2.27 bits per heavy atom. The van der Waals surface area contributed by atoms with E-state index in [1.165, 1.54) is 22.3 Å². The maximum atomic E-state index is 6.30. The molecule has 0 bridgehead atoms. The molecule has 0 spiro atoms. The van der Waals surface area contributed by atoms with Gasteiger partial charge in [0.2, 0.25) is 5.79 Å². The Morgan fingerprint density at radius 1 is 0.955 bits per heavy atom. The molecule has 0 unspecified atom stereocenters. The van der Waals surface area contributed by atoms with E-state index in [1.807, 2.05) is 13.8 Å². The van der Waals surface area contributed by atoms with Gasteiger partial charge in [-0.05, 0) is 44.4 Å². The lowest BCUT2D eigenvalue weighted by atomic mass is 9.97. The molecule has 0 saturated carbocycles. The van der Waals surface area contributed by atoms with E-state index in [-0.39, 0.29) is 0 Å². The van der Waals surface area contributed by atoms with Crippen molar-refractivity contribution < 1.29 is 9.47 Å². The van der Waals surface area contributed by atoms with Gasteiger partial charge in [-0.15, -0.1) is 0 Å². The van der Waals surface area contributed by atoms with Gasteiger partial charge in [-0.3, -0.25) is 4.98 Å². The van der Waals surface area contributed by atoms with Gasteiger partial charge in [0.1, 0.15) is 11.5 Å². The number of ether oxygens (including phenoxy) is 2. The summed E-state index contributed by atoms with van der Waals surface area (Å²) in [5.74, 6) is 1.21. The van der Waals surface area contributed by atoms with Crippen LogP contribution in [0.15, 0.2) is 6.07 Å². The van der Waals surface area contributed by atoms with Crippen LogP contribution in [0.4, 0.5) is 0 Å². The topological polar surface area (TPSA) is 31.4 Å². The molecule has 3 heteroatoms. The van der Waals surface area contributed by atoms with Crippen molar-refractivity contribution in [1.29, 1.82) is 0 Å². The molecule has 1 aliphatic carbocycles. The first kappa shape index (κ1) is 13.6. The Hall–Kier alpha value is -2.03. The summed E-state index contributed by atoms with van der Waals surface area (Å²) in [7, 11) is 0. The zero-order valence-electron chi connectivity index (χ0n) is 14.0. The molecule has 4 rings (SSSR count). The molecule has 3 nitrogen and oxygen atoms in total. The summed E-state index contributed by atoms with van der Waals surface area (Å²) in [5, 5.41) is 0. The summed E-state index contributed by atoms with van der Waals surface area (Å²) < 4.78 is 12.6. The Balaban J connectivity index is 2.17. The van der Waals surface area contributed by atoms with Crippen molar-refractivity contribution in [2.45, 2.75) is 53.8 Å². The van der Waals surface area contributed by atoms with Gasteiger partial charge in [0.05, 0.1) is 11.3 Å². The van der Waals surface area contributed by atoms with E-state index in [1.54, 1.807) is 0 Å². The first-order chi connectivity index (χ1) is 10.3. The van der Waals surface area contributed by atoms with Crippen LogP contribution < -0.4 is 9.47 Å². The third-order valence-corrected chi connectivity index (χ3v) is 4.88. The van der Waals surface area contributed by atoms with Gasteiger partial charge >= 0.3 is 0 Å². The van der Waals surface area contributed by atoms with Crippen LogP contribution in [0.25, 0.3) is 11.1 Å². The Bertz CT molecular complexity index is 767. The Labute approximate surface area is 131 Å². The van der Waals surface area contributed by atoms with Gasteiger partial charge in [0, 0.05) is 37.1 Å². The molecule has 0 atom stereocenters. The molecule has 114 valence electrons. The molecule has 1 aromatic heterocycles. The SMILES string of the molecule is Cc1cc2c3c(c1C)OC(C)(C)Oc1c(C)c(C)nc(c1-3)C2. The van der Waals surface area contributed by atoms with Crippen molar-refractivity contribution in [3.63, 3.8) is 0 Å². The first-order valence-electron chi connectivity index (χ1n) is 7.80. The predicted molar refractivity (Wildman–Crippen MR) is 86.8 cm³/mol. The van der Waals surface area contributed by atoms with Gasteiger partial charge in [0.15, 0.2) is 0 Å². The standard InChI is InChI=1S/C19H21NO2/c1-9-7-13-8-14-16-15(13)17(10(9)2)21-19(5,6)22-18(16)11(3)12(4)20-14/h7H,8H2,1-6H3. The third-order valence-electron chi connectivity index (χ3n) is 4.88. The Kier molecular flexibility index (Phi) is 2.50. The first-order valence-corrected chi connectivity index (χ1v) is 7.80. The van der Waals surface area contributed by atoms with Crippen LogP contribution in [0.2, 0.25) is 0 Å². The third kappa shape index (κ3) is 1.65. The van der Waals surface area contributed by atoms with Crippen LogP contribution in [-0.2, 0) is 6.42 Å². The highest BCUT2D eigenvalue weighted by Crippen LogP contribution is 2.53. The van der Waals surface area contributed by atoms with Gasteiger partial charge < -0.3 is 9.47 Å². The van der Waals surface area contributed by atoms with E-state index in [9.17, 15) is 0 Å². The lowest BCUT2D eigenvalue weighted by molar-refractivity contribution is -0.0788. The molecule has 0 saturated heterocycles. The fraction of sp³-hybridized carbons (Fsp3) is 0.421. The number of benzene rings is 1. The van der Waals surface area contributed by atoms with E-state index in [4.69, 9.17) is 14.5 Å². The van der Waals surface area contributed by atoms with Crippen LogP contribution in [0.5, 0.6) is 11.5 Å². The fourth-order valence-electron chi connectivity index (χ4n) is 3.53. The molecule has 0 fully saturated rings. The van der Waals surface area contributed by atoms with E-state index in [0.717, 1.165) is 40.4 Å². The van der Waals surface area contributed by atoms with Crippen LogP contribution in [-0.4, -0.2) is 10.8 Å². The van der Waals surface area contributed by atoms with Crippen molar-refractivity contribution in [3.8, 4) is 22.6 Å². The van der Waals surface area contributed by atoms with Gasteiger partial charge in [-0.25, -0.2) is 0 Å². The maximum Gasteiger partial charge on any atom is 0.245 e. The lowest BCUT2D eigenvalue weighted by Crippen LogP contribution is -2.35. The minimum atomic E-state index is -0.691. The van der Waals surface area contributed by atoms with Crippen LogP contribution in [0.1, 0.15) is 47.5 Å². The molecule has 2 heterocycles. The average molecular weight is 295 g/mol. The van der Waals surface area contributed by atoms with Crippen molar-refractivity contribution >= 4 is 0 Å². The van der Waals surface area contributed by atoms with Gasteiger partial charge in [-0.1, -0.05) is 6.07 Å². The molecule has 0 radical (unpaired) electrons. The van der Waals surface area contributed by atoms with Crippen LogP contribution in [0.3, 0.4) is 0 Å². The summed E-state index contributed by atoms with van der Waals surface area (Å²) >= 11 is 0. The van der Waals surface area contributed by atoms with Crippen molar-refractivity contribution in [1.82, 2.24) is 4.98 Å². The molecule has 1 aromatic carbocycles. The number of hydrogen-bond acceptors (Lipinski definition) is 3. The molecule has 0 amide bonds. The van der Waals surface area contributed by atoms with Crippen molar-refractivity contribution in [2.24, 2.45) is 0 Å². The predicted octanol–water partition coefficient (Wildman–Crippen LogP) is 4.39. The highest BCUT2D eigenvalue weighted by Gasteiger charge is 2.38. The van der Waals surface area contributed by atoms with Gasteiger partial charge in [-0.2, -0.15) is 0 Å². The van der Waals surface area contributed by atoms with E-state index in [0.29, 0.717) is 0 Å². The summed E-state index contributed by atoms with van der Waals surface area (Å²) in [6.07, 6.45) is 0.861. The number of aryl methyl sites for hydroxylation is 2. The molecule has 1 aliphatic heterocycles. The number of aromatic nitrogens is 1. The second-order valence-corrected chi connectivity index (χ2v) is 6.94. The highest BCUT2D eigenvalue weighted by atomic mass is 16.7. The van der Waals surface area contributed by atoms with Crippen molar-refractivity contribution in [2.75, 3.05) is 0 Å². The van der Waals surface area contributed by atoms with E-state index in [2.05, 4.69) is 33.8 Å². The zero-order valence-corrected chi connectivity index (χ0v) is 14.0. The zero-order chi connectivity index (χ0) is 15.8. The Morgan fingerprint density at radius 2 is 1.59 bits per heavy atom. The largest absolute Gasteiger partial charge is 0.452 e. The smallest absolute Gasteiger partial charge is 0.245 e. The number of hydrogen-bond donors (Lipinski definition) is 0. The molecule has 22 heavy (non-hydrogen) atoms. The van der Waals surface area contributed by atoms with Crippen LogP contribution >= 0.6 is 0 Å². The monoisotopic (exact) mass is 295 g/mol. The van der Waals surface area contributed by atoms with Gasteiger partial charge in [0.25, 0.3) is 0 Å². The minimum absolute atomic E-state index is 0.691. The molecular formula is C19H21NO2. The molecule has 0 N–H and O–H groups in total. The van der Waals surface area contributed by atoms with Crippen LogP contribution in [0, 0.1) is 27.7 Å². The molecule has 2 aromatic rings. The number of rotatable bonds is 0. The minimum Gasteiger partial charge on any atom is -0.452 e. The summed E-state index contributed by atoms with van der Waals surface area (Å²) in [6, 6.07) is 2.27. The molecular weight excluding hydrogens is 274 g/mol. The fourth-order valence-corrected chi connectivity index (χ4v) is 3.53. The van der Waals surface area contributed by atoms with E-state index >= 15 is 0 Å². The summed E-state index contributed by atoms with van der Waals surface area (Å²) in [5.41, 5.74) is 9.33. The quantitative estimate of drug-likeness (QED) is 0.616. The summed E-state index contributed by atoms with van der Waals surface area (Å²) in [4.78, 5) is 4.82. The number of nitrogens with zero attached hydrogens (tertiary/aromatic N) is 1.